The van der Waals surface area contributed by atoms with Gasteiger partial charge < -0.3 is 19.5 Å². The first-order valence-electron chi connectivity index (χ1n) is 10.6. The molecule has 2 fully saturated rings. The van der Waals surface area contributed by atoms with Crippen LogP contribution in [0.5, 0.6) is 5.88 Å². The average Bonchev–Trinajstić information content (AvgIpc) is 3.06. The highest BCUT2D eigenvalue weighted by Gasteiger charge is 2.31. The summed E-state index contributed by atoms with van der Waals surface area (Å²) >= 11 is 0. The zero-order valence-corrected chi connectivity index (χ0v) is 16.0. The molecule has 2 aromatic rings. The van der Waals surface area contributed by atoms with Crippen LogP contribution < -0.4 is 10.1 Å². The van der Waals surface area contributed by atoms with Crippen LogP contribution in [0.3, 0.4) is 0 Å². The molecular formula is C22H29N3O2. The van der Waals surface area contributed by atoms with Gasteiger partial charge in [0.1, 0.15) is 5.56 Å². The first-order chi connectivity index (χ1) is 13.3. The summed E-state index contributed by atoms with van der Waals surface area (Å²) in [6.07, 6.45) is 7.46. The van der Waals surface area contributed by atoms with E-state index in [9.17, 15) is 4.79 Å². The molecule has 0 saturated carbocycles. The predicted molar refractivity (Wildman–Crippen MR) is 106 cm³/mol. The van der Waals surface area contributed by atoms with E-state index in [1.807, 2.05) is 18.2 Å². The van der Waals surface area contributed by atoms with E-state index in [0.29, 0.717) is 12.5 Å². The van der Waals surface area contributed by atoms with Crippen LogP contribution in [0.4, 0.5) is 0 Å². The van der Waals surface area contributed by atoms with Gasteiger partial charge in [0.15, 0.2) is 0 Å². The number of nitrogens with one attached hydrogen (secondary N) is 1. The molecule has 0 bridgehead atoms. The number of hydrogen-bond acceptors (Lipinski definition) is 3. The predicted octanol–water partition coefficient (Wildman–Crippen LogP) is 3.42. The maximum Gasteiger partial charge on any atom is 0.257 e. The second-order valence-corrected chi connectivity index (χ2v) is 8.34. The van der Waals surface area contributed by atoms with E-state index >= 15 is 0 Å². The van der Waals surface area contributed by atoms with Crippen LogP contribution in [-0.2, 0) is 6.54 Å². The van der Waals surface area contributed by atoms with Gasteiger partial charge >= 0.3 is 0 Å². The molecule has 2 saturated heterocycles. The van der Waals surface area contributed by atoms with Gasteiger partial charge in [-0.05, 0) is 57.2 Å². The van der Waals surface area contributed by atoms with E-state index in [2.05, 4.69) is 20.9 Å². The lowest BCUT2D eigenvalue weighted by Gasteiger charge is -2.42. The summed E-state index contributed by atoms with van der Waals surface area (Å²) in [5, 5.41) is 4.25. The Bertz CT molecular complexity index is 843. The van der Waals surface area contributed by atoms with Crippen molar-refractivity contribution in [1.29, 1.82) is 0 Å². The Labute approximate surface area is 160 Å². The number of piperidine rings is 2. The number of aromatic nitrogens is 1. The van der Waals surface area contributed by atoms with Crippen molar-refractivity contribution in [3.8, 4) is 5.88 Å². The SMILES string of the molecule is O=C(NCC1CCN2CCCCC2C1)c1c2n(c3ccccc13)CCCO2. The fourth-order valence-electron chi connectivity index (χ4n) is 5.25. The van der Waals surface area contributed by atoms with E-state index in [0.717, 1.165) is 47.9 Å². The minimum Gasteiger partial charge on any atom is -0.478 e. The van der Waals surface area contributed by atoms with Gasteiger partial charge in [-0.1, -0.05) is 24.6 Å². The van der Waals surface area contributed by atoms with Crippen LogP contribution in [0.25, 0.3) is 10.9 Å². The van der Waals surface area contributed by atoms with Gasteiger partial charge in [-0.2, -0.15) is 0 Å². The number of carbonyl (C=O) groups excluding carboxylic acids is 1. The van der Waals surface area contributed by atoms with Crippen LogP contribution in [0.2, 0.25) is 0 Å². The fraction of sp³-hybridized carbons (Fsp3) is 0.591. The molecular weight excluding hydrogens is 338 g/mol. The van der Waals surface area contributed by atoms with Gasteiger partial charge in [0.05, 0.1) is 12.1 Å². The number of aryl methyl sites for hydroxylation is 1. The number of ether oxygens (including phenoxy) is 1. The monoisotopic (exact) mass is 367 g/mol. The van der Waals surface area contributed by atoms with Gasteiger partial charge in [-0.3, -0.25) is 4.79 Å². The molecule has 27 heavy (non-hydrogen) atoms. The Hall–Kier alpha value is -2.01. The fourth-order valence-corrected chi connectivity index (χ4v) is 5.25. The second kappa shape index (κ2) is 7.19. The molecule has 1 aromatic heterocycles. The molecule has 1 amide bonds. The Kier molecular flexibility index (Phi) is 4.56. The largest absolute Gasteiger partial charge is 0.478 e. The lowest BCUT2D eigenvalue weighted by atomic mass is 9.86. The van der Waals surface area contributed by atoms with Crippen molar-refractivity contribution in [3.63, 3.8) is 0 Å². The number of benzene rings is 1. The van der Waals surface area contributed by atoms with Crippen LogP contribution >= 0.6 is 0 Å². The number of carbonyl (C=O) groups is 1. The number of para-hydroxylation sites is 1. The minimum absolute atomic E-state index is 0.0212. The van der Waals surface area contributed by atoms with Gasteiger partial charge in [0.25, 0.3) is 5.91 Å². The number of nitrogens with zero attached hydrogens (tertiary/aromatic N) is 2. The molecule has 5 rings (SSSR count). The van der Waals surface area contributed by atoms with Crippen LogP contribution in [0.15, 0.2) is 24.3 Å². The van der Waals surface area contributed by atoms with Crippen molar-refractivity contribution in [2.45, 2.75) is 51.1 Å². The summed E-state index contributed by atoms with van der Waals surface area (Å²) in [5.74, 6) is 1.37. The van der Waals surface area contributed by atoms with Crippen LogP contribution in [0, 0.1) is 5.92 Å². The Morgan fingerprint density at radius 1 is 1.11 bits per heavy atom. The van der Waals surface area contributed by atoms with Crippen LogP contribution in [0.1, 0.15) is 48.9 Å². The van der Waals surface area contributed by atoms with Gasteiger partial charge in [-0.25, -0.2) is 0 Å². The molecule has 2 atom stereocenters. The van der Waals surface area contributed by atoms with Gasteiger partial charge in [0.2, 0.25) is 5.88 Å². The van der Waals surface area contributed by atoms with E-state index < -0.39 is 0 Å². The summed E-state index contributed by atoms with van der Waals surface area (Å²) in [6, 6.07) is 8.90. The van der Waals surface area contributed by atoms with Crippen molar-refractivity contribution >= 4 is 16.8 Å². The molecule has 144 valence electrons. The Morgan fingerprint density at radius 2 is 2.04 bits per heavy atom. The number of rotatable bonds is 3. The summed E-state index contributed by atoms with van der Waals surface area (Å²) in [4.78, 5) is 15.8. The average molecular weight is 367 g/mol. The zero-order chi connectivity index (χ0) is 18.2. The highest BCUT2D eigenvalue weighted by Crippen LogP contribution is 2.35. The smallest absolute Gasteiger partial charge is 0.257 e. The lowest BCUT2D eigenvalue weighted by Crippen LogP contribution is -2.47. The molecule has 0 radical (unpaired) electrons. The van der Waals surface area contributed by atoms with Crippen molar-refractivity contribution in [3.05, 3.63) is 29.8 Å². The zero-order valence-electron chi connectivity index (χ0n) is 16.0. The molecule has 0 aliphatic carbocycles. The van der Waals surface area contributed by atoms with Gasteiger partial charge in [-0.15, -0.1) is 0 Å². The molecule has 4 heterocycles. The van der Waals surface area contributed by atoms with Crippen molar-refractivity contribution in [2.75, 3.05) is 26.2 Å². The number of amides is 1. The Morgan fingerprint density at radius 3 is 3.00 bits per heavy atom. The minimum atomic E-state index is 0.0212. The van der Waals surface area contributed by atoms with Crippen LogP contribution in [-0.4, -0.2) is 47.7 Å². The molecule has 3 aliphatic rings. The van der Waals surface area contributed by atoms with Crippen molar-refractivity contribution in [2.24, 2.45) is 5.92 Å². The standard InChI is InChI=1S/C22H29N3O2/c26-21(23-15-16-9-12-24-10-4-3-6-17(24)14-16)20-18-7-1-2-8-19(18)25-11-5-13-27-22(20)25/h1-2,7-8,16-17H,3-6,9-15H2,(H,23,26). The van der Waals surface area contributed by atoms with Crippen molar-refractivity contribution < 1.29 is 9.53 Å². The summed E-state index contributed by atoms with van der Waals surface area (Å²) in [6.45, 7) is 4.85. The molecule has 3 aliphatic heterocycles. The highest BCUT2D eigenvalue weighted by molar-refractivity contribution is 6.09. The maximum atomic E-state index is 13.1. The summed E-state index contributed by atoms with van der Waals surface area (Å²) in [5.41, 5.74) is 1.83. The lowest BCUT2D eigenvalue weighted by molar-refractivity contribution is 0.0747. The third-order valence-electron chi connectivity index (χ3n) is 6.65. The number of fused-ring (bicyclic) bond motifs is 4. The van der Waals surface area contributed by atoms with Gasteiger partial charge in [0, 0.05) is 24.5 Å². The van der Waals surface area contributed by atoms with E-state index in [4.69, 9.17) is 4.74 Å². The molecule has 2 unspecified atom stereocenters. The molecule has 5 nitrogen and oxygen atoms in total. The summed E-state index contributed by atoms with van der Waals surface area (Å²) in [7, 11) is 0. The summed E-state index contributed by atoms with van der Waals surface area (Å²) < 4.78 is 8.08. The molecule has 0 spiro atoms. The topological polar surface area (TPSA) is 46.5 Å². The second-order valence-electron chi connectivity index (χ2n) is 8.34. The maximum absolute atomic E-state index is 13.1. The molecule has 1 N–H and O–H groups in total. The van der Waals surface area contributed by atoms with Crippen molar-refractivity contribution in [1.82, 2.24) is 14.8 Å². The van der Waals surface area contributed by atoms with E-state index in [-0.39, 0.29) is 5.91 Å². The molecule has 1 aromatic carbocycles. The Balaban J connectivity index is 1.32. The van der Waals surface area contributed by atoms with E-state index in [1.165, 1.54) is 45.2 Å². The third kappa shape index (κ3) is 3.12. The highest BCUT2D eigenvalue weighted by atomic mass is 16.5. The van der Waals surface area contributed by atoms with E-state index in [1.54, 1.807) is 0 Å². The first-order valence-corrected chi connectivity index (χ1v) is 10.6. The number of hydrogen-bond donors (Lipinski definition) is 1. The molecule has 5 heteroatoms. The first kappa shape index (κ1) is 17.1. The third-order valence-corrected chi connectivity index (χ3v) is 6.65. The normalized spacial score (nSPS) is 25.5. The quantitative estimate of drug-likeness (QED) is 0.904.